The Bertz CT molecular complexity index is 958. The molecule has 1 aromatic carbocycles. The highest BCUT2D eigenvalue weighted by atomic mass is 32.2. The third-order valence-corrected chi connectivity index (χ3v) is 6.88. The number of rotatable bonds is 11. The Morgan fingerprint density at radius 2 is 1.81 bits per heavy atom. The maximum atomic E-state index is 12.4. The number of hydrogen-bond donors (Lipinski definition) is 1. The molecule has 0 saturated carbocycles. The minimum absolute atomic E-state index is 0.208. The van der Waals surface area contributed by atoms with E-state index in [1.165, 1.54) is 4.31 Å². The molecule has 168 valence electrons. The lowest BCUT2D eigenvalue weighted by molar-refractivity contribution is -0.143. The van der Waals surface area contributed by atoms with Crippen molar-refractivity contribution in [1.82, 2.24) is 14.0 Å². The van der Waals surface area contributed by atoms with E-state index in [9.17, 15) is 13.2 Å². The first kappa shape index (κ1) is 23.4. The van der Waals surface area contributed by atoms with Crippen LogP contribution in [0.25, 0.3) is 0 Å². The molecule has 0 radical (unpaired) electrons. The fourth-order valence-corrected chi connectivity index (χ4v) is 5.07. The van der Waals surface area contributed by atoms with Crippen LogP contribution in [0, 0.1) is 0 Å². The van der Waals surface area contributed by atoms with Crippen molar-refractivity contribution >= 4 is 16.2 Å². The van der Waals surface area contributed by atoms with Crippen molar-refractivity contribution < 1.29 is 17.9 Å². The van der Waals surface area contributed by atoms with E-state index in [1.54, 1.807) is 13.1 Å². The predicted molar refractivity (Wildman–Crippen MR) is 120 cm³/mol. The van der Waals surface area contributed by atoms with Crippen LogP contribution in [0.3, 0.4) is 0 Å². The number of nitrogens with one attached hydrogen (secondary N) is 1. The van der Waals surface area contributed by atoms with E-state index in [2.05, 4.69) is 27.9 Å². The second-order valence-electron chi connectivity index (χ2n) is 7.76. The summed E-state index contributed by atoms with van der Waals surface area (Å²) >= 11 is 0. The molecular formula is C23H31N3O4S. The zero-order chi connectivity index (χ0) is 22.1. The summed E-state index contributed by atoms with van der Waals surface area (Å²) in [7, 11) is -3.41. The summed E-state index contributed by atoms with van der Waals surface area (Å²) in [5, 5.41) is 0. The predicted octanol–water partition coefficient (Wildman–Crippen LogP) is 2.64. The maximum Gasteiger partial charge on any atom is 0.306 e. The first-order valence-electron chi connectivity index (χ1n) is 10.9. The Hall–Kier alpha value is -2.29. The summed E-state index contributed by atoms with van der Waals surface area (Å²) in [5.74, 6) is -0.208. The van der Waals surface area contributed by atoms with Crippen LogP contribution in [-0.2, 0) is 39.0 Å². The van der Waals surface area contributed by atoms with Crippen LogP contribution in [0.15, 0.2) is 42.7 Å². The Morgan fingerprint density at radius 3 is 2.48 bits per heavy atom. The summed E-state index contributed by atoms with van der Waals surface area (Å²) in [5.41, 5.74) is 4.31. The van der Waals surface area contributed by atoms with Gasteiger partial charge in [0.15, 0.2) is 0 Å². The Morgan fingerprint density at radius 1 is 1.10 bits per heavy atom. The molecule has 2 aromatic rings. The Labute approximate surface area is 185 Å². The summed E-state index contributed by atoms with van der Waals surface area (Å²) in [6.45, 7) is 3.70. The van der Waals surface area contributed by atoms with E-state index < -0.39 is 10.2 Å². The third kappa shape index (κ3) is 7.41. The van der Waals surface area contributed by atoms with Crippen LogP contribution in [-0.4, -0.2) is 49.9 Å². The molecule has 1 N–H and O–H groups in total. The van der Waals surface area contributed by atoms with Crippen LogP contribution >= 0.6 is 0 Å². The summed E-state index contributed by atoms with van der Waals surface area (Å²) in [6.07, 6.45) is 7.65. The molecule has 0 amide bonds. The molecule has 0 bridgehead atoms. The molecule has 1 aromatic heterocycles. The van der Waals surface area contributed by atoms with E-state index >= 15 is 0 Å². The minimum Gasteiger partial charge on any atom is -0.466 e. The Kier molecular flexibility index (Phi) is 8.57. The highest BCUT2D eigenvalue weighted by Crippen LogP contribution is 2.17. The fourth-order valence-electron chi connectivity index (χ4n) is 3.79. The van der Waals surface area contributed by atoms with Crippen molar-refractivity contribution in [3.8, 4) is 0 Å². The molecule has 1 fully saturated rings. The van der Waals surface area contributed by atoms with Crippen molar-refractivity contribution in [1.29, 1.82) is 0 Å². The van der Waals surface area contributed by atoms with Crippen LogP contribution in [0.5, 0.6) is 0 Å². The standard InChI is InChI=1S/C23H31N3O4S/c1-2-30-23(27)8-7-19-14-20(9-11-25-31(28,29)26-12-3-4-13-26)16-22(15-19)17-21-6-5-10-24-18-21/h5-6,10,14-16,18,25H,2-4,7-9,11-13,17H2,1H3. The molecule has 7 nitrogen and oxygen atoms in total. The van der Waals surface area contributed by atoms with Gasteiger partial charge >= 0.3 is 5.97 Å². The van der Waals surface area contributed by atoms with E-state index in [0.717, 1.165) is 41.5 Å². The summed E-state index contributed by atoms with van der Waals surface area (Å²) in [4.78, 5) is 16.0. The molecule has 1 aliphatic rings. The smallest absolute Gasteiger partial charge is 0.306 e. The number of aryl methyl sites for hydroxylation is 1. The van der Waals surface area contributed by atoms with Crippen LogP contribution < -0.4 is 4.72 Å². The first-order valence-corrected chi connectivity index (χ1v) is 12.3. The molecule has 1 saturated heterocycles. The van der Waals surface area contributed by atoms with Crippen molar-refractivity contribution in [3.05, 3.63) is 65.0 Å². The molecular weight excluding hydrogens is 414 g/mol. The van der Waals surface area contributed by atoms with E-state index in [-0.39, 0.29) is 5.97 Å². The average Bonchev–Trinajstić information content (AvgIpc) is 3.29. The maximum absolute atomic E-state index is 12.4. The largest absolute Gasteiger partial charge is 0.466 e. The monoisotopic (exact) mass is 445 g/mol. The highest BCUT2D eigenvalue weighted by molar-refractivity contribution is 7.87. The van der Waals surface area contributed by atoms with Crippen molar-refractivity contribution in [2.75, 3.05) is 26.2 Å². The molecule has 0 unspecified atom stereocenters. The van der Waals surface area contributed by atoms with E-state index in [0.29, 0.717) is 45.5 Å². The van der Waals surface area contributed by atoms with E-state index in [1.807, 2.05) is 18.3 Å². The van der Waals surface area contributed by atoms with Crippen LogP contribution in [0.1, 0.15) is 48.4 Å². The van der Waals surface area contributed by atoms with Gasteiger partial charge in [0.1, 0.15) is 0 Å². The van der Waals surface area contributed by atoms with Gasteiger partial charge in [0.2, 0.25) is 0 Å². The molecule has 3 rings (SSSR count). The number of hydrogen-bond acceptors (Lipinski definition) is 5. The molecule has 0 aliphatic carbocycles. The molecule has 8 heteroatoms. The van der Waals surface area contributed by atoms with Gasteiger partial charge in [-0.3, -0.25) is 9.78 Å². The van der Waals surface area contributed by atoms with Gasteiger partial charge in [0.25, 0.3) is 10.2 Å². The number of nitrogens with zero attached hydrogens (tertiary/aromatic N) is 2. The van der Waals surface area contributed by atoms with Gasteiger partial charge in [-0.15, -0.1) is 0 Å². The molecule has 1 aliphatic heterocycles. The van der Waals surface area contributed by atoms with Crippen molar-refractivity contribution in [2.45, 2.75) is 45.4 Å². The number of aromatic nitrogens is 1. The number of pyridine rings is 1. The summed E-state index contributed by atoms with van der Waals surface area (Å²) < 4.78 is 34.1. The number of benzene rings is 1. The SMILES string of the molecule is CCOC(=O)CCc1cc(CCNS(=O)(=O)N2CCCC2)cc(Cc2cccnc2)c1. The van der Waals surface area contributed by atoms with Gasteiger partial charge in [0.05, 0.1) is 6.61 Å². The lowest BCUT2D eigenvalue weighted by atomic mass is 9.97. The lowest BCUT2D eigenvalue weighted by Gasteiger charge is -2.16. The number of esters is 1. The number of ether oxygens (including phenoxy) is 1. The fraction of sp³-hybridized carbons (Fsp3) is 0.478. The molecule has 31 heavy (non-hydrogen) atoms. The lowest BCUT2D eigenvalue weighted by Crippen LogP contribution is -2.39. The zero-order valence-electron chi connectivity index (χ0n) is 18.0. The average molecular weight is 446 g/mol. The molecule has 0 spiro atoms. The van der Waals surface area contributed by atoms with Gasteiger partial charge in [-0.2, -0.15) is 12.7 Å². The second kappa shape index (κ2) is 11.4. The first-order chi connectivity index (χ1) is 15.0. The van der Waals surface area contributed by atoms with Gasteiger partial charge in [0, 0.05) is 38.4 Å². The topological polar surface area (TPSA) is 88.6 Å². The van der Waals surface area contributed by atoms with Gasteiger partial charge in [-0.05, 0) is 67.3 Å². The Balaban J connectivity index is 1.68. The molecule has 0 atom stereocenters. The highest BCUT2D eigenvalue weighted by Gasteiger charge is 2.24. The number of carbonyl (C=O) groups is 1. The van der Waals surface area contributed by atoms with Crippen LogP contribution in [0.2, 0.25) is 0 Å². The van der Waals surface area contributed by atoms with E-state index in [4.69, 9.17) is 4.74 Å². The second-order valence-corrected chi connectivity index (χ2v) is 9.51. The normalized spacial score (nSPS) is 14.6. The van der Waals surface area contributed by atoms with Crippen molar-refractivity contribution in [3.63, 3.8) is 0 Å². The quantitative estimate of drug-likeness (QED) is 0.537. The zero-order valence-corrected chi connectivity index (χ0v) is 18.9. The minimum atomic E-state index is -3.41. The number of carbonyl (C=O) groups excluding carboxylic acids is 1. The van der Waals surface area contributed by atoms with Gasteiger partial charge < -0.3 is 4.74 Å². The van der Waals surface area contributed by atoms with Gasteiger partial charge in [-0.1, -0.05) is 24.3 Å². The van der Waals surface area contributed by atoms with Gasteiger partial charge in [-0.25, -0.2) is 4.72 Å². The summed E-state index contributed by atoms with van der Waals surface area (Å²) in [6, 6.07) is 10.2. The van der Waals surface area contributed by atoms with Crippen LogP contribution in [0.4, 0.5) is 0 Å². The third-order valence-electron chi connectivity index (χ3n) is 5.27. The molecule has 2 heterocycles. The van der Waals surface area contributed by atoms with Crippen molar-refractivity contribution in [2.24, 2.45) is 0 Å².